The van der Waals surface area contributed by atoms with Crippen molar-refractivity contribution in [3.05, 3.63) is 0 Å². The van der Waals surface area contributed by atoms with Gasteiger partial charge in [-0.05, 0) is 33.7 Å². The van der Waals surface area contributed by atoms with Gasteiger partial charge in [0.05, 0.1) is 0 Å². The quantitative estimate of drug-likeness (QED) is 0.706. The Bertz CT molecular complexity index is 212. The lowest BCUT2D eigenvalue weighted by molar-refractivity contribution is 0.183. The molecule has 0 aromatic carbocycles. The standard InChI is InChI=1S/C13H28N2OS/c1-12(10-14-6-5-8-16-4)15-7-9-17-13(2,3)11-15/h12,14H,5-11H2,1-4H3. The summed E-state index contributed by atoms with van der Waals surface area (Å²) in [6, 6.07) is 0.637. The van der Waals surface area contributed by atoms with E-state index >= 15 is 0 Å². The first kappa shape index (κ1) is 15.3. The van der Waals surface area contributed by atoms with E-state index in [1.54, 1.807) is 7.11 Å². The normalized spacial score (nSPS) is 22.6. The lowest BCUT2D eigenvalue weighted by Crippen LogP contribution is -2.50. The Balaban J connectivity index is 2.16. The van der Waals surface area contributed by atoms with Crippen LogP contribution in [0.3, 0.4) is 0 Å². The van der Waals surface area contributed by atoms with Crippen LogP contribution in [-0.2, 0) is 4.74 Å². The van der Waals surface area contributed by atoms with Gasteiger partial charge in [0.15, 0.2) is 0 Å². The number of hydrogen-bond donors (Lipinski definition) is 1. The Labute approximate surface area is 111 Å². The maximum Gasteiger partial charge on any atom is 0.0474 e. The van der Waals surface area contributed by atoms with E-state index < -0.39 is 0 Å². The smallest absolute Gasteiger partial charge is 0.0474 e. The molecule has 1 aliphatic rings. The Kier molecular flexibility index (Phi) is 6.85. The third-order valence-electron chi connectivity index (χ3n) is 3.22. The molecular formula is C13H28N2OS. The Morgan fingerprint density at radius 2 is 2.24 bits per heavy atom. The molecule has 0 bridgehead atoms. The Morgan fingerprint density at radius 3 is 2.88 bits per heavy atom. The minimum Gasteiger partial charge on any atom is -0.385 e. The molecule has 1 saturated heterocycles. The minimum atomic E-state index is 0.419. The zero-order valence-corrected chi connectivity index (χ0v) is 12.6. The summed E-state index contributed by atoms with van der Waals surface area (Å²) in [6.07, 6.45) is 1.10. The number of thioether (sulfide) groups is 1. The van der Waals surface area contributed by atoms with E-state index in [0.717, 1.165) is 26.1 Å². The maximum absolute atomic E-state index is 5.04. The zero-order valence-electron chi connectivity index (χ0n) is 11.8. The first-order valence-electron chi connectivity index (χ1n) is 6.63. The molecule has 1 fully saturated rings. The van der Waals surface area contributed by atoms with Crippen molar-refractivity contribution in [1.82, 2.24) is 10.2 Å². The molecule has 1 unspecified atom stereocenters. The van der Waals surface area contributed by atoms with Gasteiger partial charge in [-0.2, -0.15) is 11.8 Å². The number of nitrogens with zero attached hydrogens (tertiary/aromatic N) is 1. The fourth-order valence-corrected chi connectivity index (χ4v) is 3.35. The van der Waals surface area contributed by atoms with E-state index in [2.05, 4.69) is 42.7 Å². The predicted molar refractivity (Wildman–Crippen MR) is 76.9 cm³/mol. The second-order valence-electron chi connectivity index (χ2n) is 5.48. The molecule has 1 N–H and O–H groups in total. The molecule has 4 heteroatoms. The van der Waals surface area contributed by atoms with Crippen LogP contribution in [0.5, 0.6) is 0 Å². The topological polar surface area (TPSA) is 24.5 Å². The van der Waals surface area contributed by atoms with Gasteiger partial charge in [-0.25, -0.2) is 0 Å². The number of nitrogens with one attached hydrogen (secondary N) is 1. The summed E-state index contributed by atoms with van der Waals surface area (Å²) in [4.78, 5) is 2.61. The first-order valence-corrected chi connectivity index (χ1v) is 7.61. The van der Waals surface area contributed by atoms with Gasteiger partial charge in [0, 0.05) is 49.9 Å². The van der Waals surface area contributed by atoms with Crippen molar-refractivity contribution < 1.29 is 4.74 Å². The molecular weight excluding hydrogens is 232 g/mol. The average Bonchev–Trinajstić information content (AvgIpc) is 2.27. The van der Waals surface area contributed by atoms with Gasteiger partial charge in [-0.1, -0.05) is 0 Å². The molecule has 17 heavy (non-hydrogen) atoms. The lowest BCUT2D eigenvalue weighted by Gasteiger charge is -2.40. The van der Waals surface area contributed by atoms with Crippen molar-refractivity contribution >= 4 is 11.8 Å². The van der Waals surface area contributed by atoms with Gasteiger partial charge < -0.3 is 10.1 Å². The van der Waals surface area contributed by atoms with Crippen molar-refractivity contribution in [2.45, 2.75) is 38.0 Å². The van der Waals surface area contributed by atoms with Crippen molar-refractivity contribution in [3.63, 3.8) is 0 Å². The molecule has 0 radical (unpaired) electrons. The molecule has 1 atom stereocenters. The highest BCUT2D eigenvalue weighted by Gasteiger charge is 2.29. The van der Waals surface area contributed by atoms with Gasteiger partial charge >= 0.3 is 0 Å². The maximum atomic E-state index is 5.04. The molecule has 0 aromatic heterocycles. The van der Waals surface area contributed by atoms with Crippen molar-refractivity contribution in [2.24, 2.45) is 0 Å². The van der Waals surface area contributed by atoms with E-state index in [1.807, 2.05) is 0 Å². The SMILES string of the molecule is COCCCNCC(C)N1CCSC(C)(C)C1. The molecule has 1 rings (SSSR count). The molecule has 0 spiro atoms. The Morgan fingerprint density at radius 1 is 1.47 bits per heavy atom. The van der Waals surface area contributed by atoms with Crippen LogP contribution in [-0.4, -0.2) is 61.3 Å². The van der Waals surface area contributed by atoms with E-state index in [0.29, 0.717) is 10.8 Å². The summed E-state index contributed by atoms with van der Waals surface area (Å²) in [7, 11) is 1.76. The molecule has 0 aliphatic carbocycles. The van der Waals surface area contributed by atoms with Gasteiger partial charge in [0.25, 0.3) is 0 Å². The Hall–Kier alpha value is 0.230. The highest BCUT2D eigenvalue weighted by Crippen LogP contribution is 2.30. The van der Waals surface area contributed by atoms with E-state index in [1.165, 1.54) is 18.8 Å². The molecule has 3 nitrogen and oxygen atoms in total. The summed E-state index contributed by atoms with van der Waals surface area (Å²) in [5.74, 6) is 1.26. The highest BCUT2D eigenvalue weighted by molar-refractivity contribution is 8.00. The number of rotatable bonds is 7. The number of ether oxygens (including phenoxy) is 1. The summed E-state index contributed by atoms with van der Waals surface area (Å²) in [5.41, 5.74) is 0. The minimum absolute atomic E-state index is 0.419. The third kappa shape index (κ3) is 6.09. The summed E-state index contributed by atoms with van der Waals surface area (Å²) >= 11 is 2.10. The summed E-state index contributed by atoms with van der Waals surface area (Å²) in [5, 5.41) is 3.52. The van der Waals surface area contributed by atoms with Crippen LogP contribution >= 0.6 is 11.8 Å². The molecule has 0 amide bonds. The average molecular weight is 260 g/mol. The van der Waals surface area contributed by atoms with Gasteiger partial charge in [0.1, 0.15) is 0 Å². The molecule has 102 valence electrons. The summed E-state index contributed by atoms with van der Waals surface area (Å²) in [6.45, 7) is 12.5. The van der Waals surface area contributed by atoms with Crippen molar-refractivity contribution in [3.8, 4) is 0 Å². The van der Waals surface area contributed by atoms with Gasteiger partial charge in [-0.3, -0.25) is 4.90 Å². The largest absolute Gasteiger partial charge is 0.385 e. The van der Waals surface area contributed by atoms with Crippen LogP contribution in [0.25, 0.3) is 0 Å². The summed E-state index contributed by atoms with van der Waals surface area (Å²) < 4.78 is 5.46. The molecule has 0 saturated carbocycles. The van der Waals surface area contributed by atoms with Crippen molar-refractivity contribution in [2.75, 3.05) is 45.6 Å². The zero-order chi connectivity index (χ0) is 12.7. The molecule has 1 aliphatic heterocycles. The monoisotopic (exact) mass is 260 g/mol. The van der Waals surface area contributed by atoms with Crippen LogP contribution in [0.4, 0.5) is 0 Å². The number of methoxy groups -OCH3 is 1. The molecule has 1 heterocycles. The lowest BCUT2D eigenvalue weighted by atomic mass is 10.1. The van der Waals surface area contributed by atoms with Crippen LogP contribution in [0.2, 0.25) is 0 Å². The number of hydrogen-bond acceptors (Lipinski definition) is 4. The van der Waals surface area contributed by atoms with Crippen molar-refractivity contribution in [1.29, 1.82) is 0 Å². The fourth-order valence-electron chi connectivity index (χ4n) is 2.21. The van der Waals surface area contributed by atoms with E-state index in [-0.39, 0.29) is 0 Å². The molecule has 0 aromatic rings. The van der Waals surface area contributed by atoms with E-state index in [4.69, 9.17) is 4.74 Å². The second kappa shape index (κ2) is 7.62. The second-order valence-corrected chi connectivity index (χ2v) is 7.28. The van der Waals surface area contributed by atoms with E-state index in [9.17, 15) is 0 Å². The highest BCUT2D eigenvalue weighted by atomic mass is 32.2. The fraction of sp³-hybridized carbons (Fsp3) is 1.00. The van der Waals surface area contributed by atoms with Crippen LogP contribution in [0.1, 0.15) is 27.2 Å². The van der Waals surface area contributed by atoms with Crippen LogP contribution in [0.15, 0.2) is 0 Å². The van der Waals surface area contributed by atoms with Crippen LogP contribution < -0.4 is 5.32 Å². The first-order chi connectivity index (χ1) is 8.05. The van der Waals surface area contributed by atoms with Crippen LogP contribution in [0, 0.1) is 0 Å². The van der Waals surface area contributed by atoms with Gasteiger partial charge in [-0.15, -0.1) is 0 Å². The third-order valence-corrected chi connectivity index (χ3v) is 4.52. The van der Waals surface area contributed by atoms with Gasteiger partial charge in [0.2, 0.25) is 0 Å². The predicted octanol–water partition coefficient (Wildman–Crippen LogP) is 1.83.